The second kappa shape index (κ2) is 10.2. The molecule has 0 unspecified atom stereocenters. The quantitative estimate of drug-likeness (QED) is 0.399. The fourth-order valence-electron chi connectivity index (χ4n) is 3.56. The van der Waals surface area contributed by atoms with E-state index < -0.39 is 23.3 Å². The summed E-state index contributed by atoms with van der Waals surface area (Å²) in [6.45, 7) is 5.26. The number of hydrogen-bond acceptors (Lipinski definition) is 4. The first-order valence-electron chi connectivity index (χ1n) is 10.6. The van der Waals surface area contributed by atoms with E-state index in [2.05, 4.69) is 5.32 Å². The Labute approximate surface area is 189 Å². The van der Waals surface area contributed by atoms with Crippen LogP contribution in [0.25, 0.3) is 0 Å². The van der Waals surface area contributed by atoms with Gasteiger partial charge in [0.05, 0.1) is 6.61 Å². The van der Waals surface area contributed by atoms with Crippen LogP contribution in [0.1, 0.15) is 37.5 Å². The molecule has 0 saturated carbocycles. The summed E-state index contributed by atoms with van der Waals surface area (Å²) < 4.78 is 11.9. The summed E-state index contributed by atoms with van der Waals surface area (Å²) in [5.74, 6) is 0. The van der Waals surface area contributed by atoms with Gasteiger partial charge in [0.1, 0.15) is 23.5 Å². The predicted molar refractivity (Wildman–Crippen MR) is 124 cm³/mol. The molecule has 0 aliphatic rings. The molecule has 0 bridgehead atoms. The first-order chi connectivity index (χ1) is 15.3. The Morgan fingerprint density at radius 2 is 1.22 bits per heavy atom. The van der Waals surface area contributed by atoms with E-state index in [-0.39, 0.29) is 6.61 Å². The van der Waals surface area contributed by atoms with Crippen LogP contribution in [-0.2, 0) is 19.9 Å². The van der Waals surface area contributed by atoms with Gasteiger partial charge in [0.25, 0.3) is 0 Å². The van der Waals surface area contributed by atoms with Crippen molar-refractivity contribution in [2.75, 3.05) is 6.61 Å². The van der Waals surface area contributed by atoms with Crippen molar-refractivity contribution in [2.24, 2.45) is 0 Å². The van der Waals surface area contributed by atoms with E-state index in [1.165, 1.54) is 0 Å². The molecule has 0 heterocycles. The number of ether oxygens (including phenoxy) is 2. The Kier molecular flexibility index (Phi) is 7.44. The number of amides is 1. The largest absolute Gasteiger partial charge is 0.444 e. The van der Waals surface area contributed by atoms with Gasteiger partial charge in [-0.15, -0.1) is 0 Å². The van der Waals surface area contributed by atoms with Gasteiger partial charge in [0, 0.05) is 0 Å². The fourth-order valence-corrected chi connectivity index (χ4v) is 3.56. The van der Waals surface area contributed by atoms with E-state index in [0.717, 1.165) is 16.7 Å². The summed E-state index contributed by atoms with van der Waals surface area (Å²) in [5, 5.41) is 2.60. The number of hydrogen-bond donors (Lipinski definition) is 1. The highest BCUT2D eigenvalue weighted by atomic mass is 16.6. The van der Waals surface area contributed by atoms with Gasteiger partial charge in [0.15, 0.2) is 0 Å². The number of carbonyl (C=O) groups excluding carboxylic acids is 2. The number of carbonyl (C=O) groups is 2. The minimum Gasteiger partial charge on any atom is -0.444 e. The number of benzene rings is 3. The Balaban J connectivity index is 1.99. The zero-order valence-corrected chi connectivity index (χ0v) is 18.7. The standard InChI is InChI=1S/C27H29NO4/c1-26(2,3)32-25(30)28-24(19-29)20-31-27(21-13-7-4-8-14-21,22-15-9-5-10-16-22)23-17-11-6-12-18-23/h4-19,24H,20H2,1-3H3,(H,28,30)/t24-/m1/s1. The molecular formula is C27H29NO4. The van der Waals surface area contributed by atoms with Crippen molar-refractivity contribution in [3.63, 3.8) is 0 Å². The van der Waals surface area contributed by atoms with Crippen molar-refractivity contribution in [2.45, 2.75) is 38.0 Å². The molecule has 0 aliphatic heterocycles. The van der Waals surface area contributed by atoms with Gasteiger partial charge in [0.2, 0.25) is 0 Å². The maximum absolute atomic E-state index is 12.2. The molecule has 3 aromatic rings. The second-order valence-corrected chi connectivity index (χ2v) is 8.48. The van der Waals surface area contributed by atoms with Crippen molar-refractivity contribution >= 4 is 12.4 Å². The van der Waals surface area contributed by atoms with Crippen molar-refractivity contribution in [1.29, 1.82) is 0 Å². The minimum atomic E-state index is -0.972. The van der Waals surface area contributed by atoms with Crippen LogP contribution in [0.2, 0.25) is 0 Å². The number of rotatable bonds is 8. The molecule has 5 heteroatoms. The van der Waals surface area contributed by atoms with Gasteiger partial charge in [-0.05, 0) is 37.5 Å². The molecule has 3 aromatic carbocycles. The SMILES string of the molecule is CC(C)(C)OC(=O)N[C@H](C=O)COC(c1ccccc1)(c1ccccc1)c1ccccc1. The molecule has 0 aliphatic carbocycles. The van der Waals surface area contributed by atoms with E-state index in [9.17, 15) is 9.59 Å². The lowest BCUT2D eigenvalue weighted by Crippen LogP contribution is -2.45. The highest BCUT2D eigenvalue weighted by Crippen LogP contribution is 2.40. The molecule has 1 amide bonds. The first kappa shape index (κ1) is 23.2. The number of nitrogens with one attached hydrogen (secondary N) is 1. The molecule has 1 atom stereocenters. The Bertz CT molecular complexity index is 901. The van der Waals surface area contributed by atoms with E-state index in [0.29, 0.717) is 6.29 Å². The van der Waals surface area contributed by atoms with Crippen molar-refractivity contribution < 1.29 is 19.1 Å². The van der Waals surface area contributed by atoms with E-state index in [1.54, 1.807) is 20.8 Å². The van der Waals surface area contributed by atoms with Crippen molar-refractivity contribution in [1.82, 2.24) is 5.32 Å². The van der Waals surface area contributed by atoms with Gasteiger partial charge >= 0.3 is 6.09 Å². The normalized spacial score (nSPS) is 12.6. The van der Waals surface area contributed by atoms with Crippen LogP contribution in [0.4, 0.5) is 4.79 Å². The number of aldehydes is 1. The van der Waals surface area contributed by atoms with Gasteiger partial charge < -0.3 is 19.6 Å². The molecule has 0 spiro atoms. The highest BCUT2D eigenvalue weighted by molar-refractivity contribution is 5.73. The summed E-state index contributed by atoms with van der Waals surface area (Å²) in [6, 6.07) is 28.7. The van der Waals surface area contributed by atoms with Gasteiger partial charge in [-0.2, -0.15) is 0 Å². The van der Waals surface area contributed by atoms with Crippen molar-refractivity contribution in [3.8, 4) is 0 Å². The lowest BCUT2D eigenvalue weighted by molar-refractivity contribution is -0.112. The Morgan fingerprint density at radius 3 is 1.56 bits per heavy atom. The molecule has 0 fully saturated rings. The lowest BCUT2D eigenvalue weighted by Gasteiger charge is -2.36. The summed E-state index contributed by atoms with van der Waals surface area (Å²) in [4.78, 5) is 24.0. The maximum Gasteiger partial charge on any atom is 0.408 e. The van der Waals surface area contributed by atoms with Crippen molar-refractivity contribution in [3.05, 3.63) is 108 Å². The van der Waals surface area contributed by atoms with Gasteiger partial charge in [-0.3, -0.25) is 0 Å². The maximum atomic E-state index is 12.2. The highest BCUT2D eigenvalue weighted by Gasteiger charge is 2.38. The van der Waals surface area contributed by atoms with Crippen LogP contribution >= 0.6 is 0 Å². The van der Waals surface area contributed by atoms with Crippen LogP contribution in [0, 0.1) is 0 Å². The molecule has 1 N–H and O–H groups in total. The van der Waals surface area contributed by atoms with Crippen LogP contribution in [0.15, 0.2) is 91.0 Å². The average molecular weight is 432 g/mol. The van der Waals surface area contributed by atoms with Crippen LogP contribution < -0.4 is 5.32 Å². The molecule has 0 saturated heterocycles. The smallest absolute Gasteiger partial charge is 0.408 e. The monoisotopic (exact) mass is 431 g/mol. The van der Waals surface area contributed by atoms with Crippen LogP contribution in [0.5, 0.6) is 0 Å². The lowest BCUT2D eigenvalue weighted by atomic mass is 9.80. The molecular weight excluding hydrogens is 402 g/mol. The zero-order chi connectivity index (χ0) is 23.0. The fraction of sp³-hybridized carbons (Fsp3) is 0.259. The van der Waals surface area contributed by atoms with Crippen LogP contribution in [0.3, 0.4) is 0 Å². The molecule has 5 nitrogen and oxygen atoms in total. The molecule has 166 valence electrons. The van der Waals surface area contributed by atoms with E-state index in [1.807, 2.05) is 91.0 Å². The van der Waals surface area contributed by atoms with E-state index in [4.69, 9.17) is 9.47 Å². The summed E-state index contributed by atoms with van der Waals surface area (Å²) in [5.41, 5.74) is 1.11. The average Bonchev–Trinajstić information content (AvgIpc) is 2.79. The predicted octanol–water partition coefficient (Wildman–Crippen LogP) is 5.09. The molecule has 3 rings (SSSR count). The summed E-state index contributed by atoms with van der Waals surface area (Å²) >= 11 is 0. The Hall–Kier alpha value is -3.44. The molecule has 0 radical (unpaired) electrons. The molecule has 0 aromatic heterocycles. The minimum absolute atomic E-state index is 0.0403. The van der Waals surface area contributed by atoms with Gasteiger partial charge in [-0.1, -0.05) is 91.0 Å². The van der Waals surface area contributed by atoms with Gasteiger partial charge in [-0.25, -0.2) is 4.79 Å². The third-order valence-corrected chi connectivity index (χ3v) is 4.89. The van der Waals surface area contributed by atoms with Crippen LogP contribution in [-0.4, -0.2) is 30.6 Å². The number of alkyl carbamates (subject to hydrolysis) is 1. The third kappa shape index (κ3) is 5.62. The third-order valence-electron chi connectivity index (χ3n) is 4.89. The first-order valence-corrected chi connectivity index (χ1v) is 10.6. The molecule has 32 heavy (non-hydrogen) atoms. The zero-order valence-electron chi connectivity index (χ0n) is 18.7. The summed E-state index contributed by atoms with van der Waals surface area (Å²) in [7, 11) is 0. The Morgan fingerprint density at radius 1 is 0.812 bits per heavy atom. The second-order valence-electron chi connectivity index (χ2n) is 8.48. The summed E-state index contributed by atoms with van der Waals surface area (Å²) in [6.07, 6.45) is -0.00159. The topological polar surface area (TPSA) is 64.6 Å². The van der Waals surface area contributed by atoms with E-state index >= 15 is 0 Å².